The van der Waals surface area contributed by atoms with E-state index in [-0.39, 0.29) is 5.91 Å². The quantitative estimate of drug-likeness (QED) is 0.901. The second-order valence-electron chi connectivity index (χ2n) is 5.46. The average Bonchev–Trinajstić information content (AvgIpc) is 2.77. The van der Waals surface area contributed by atoms with E-state index >= 15 is 0 Å². The normalized spacial score (nSPS) is 14.7. The highest BCUT2D eigenvalue weighted by Crippen LogP contribution is 2.51. The Balaban J connectivity index is 2.30. The Labute approximate surface area is 119 Å². The molecule has 0 radical (unpaired) electrons. The summed E-state index contributed by atoms with van der Waals surface area (Å²) in [6.45, 7) is 2.14. The molecule has 2 aromatic rings. The number of rotatable bonds is 4. The lowest BCUT2D eigenvalue weighted by Gasteiger charge is -2.28. The lowest BCUT2D eigenvalue weighted by atomic mass is 9.73. The number of fused-ring (bicyclic) bond motifs is 3. The van der Waals surface area contributed by atoms with Gasteiger partial charge in [-0.25, -0.2) is 0 Å². The van der Waals surface area contributed by atoms with Crippen LogP contribution >= 0.6 is 0 Å². The van der Waals surface area contributed by atoms with Gasteiger partial charge in [0.25, 0.3) is 0 Å². The highest BCUT2D eigenvalue weighted by Gasteiger charge is 2.46. The molecule has 1 aliphatic rings. The lowest BCUT2D eigenvalue weighted by Crippen LogP contribution is -2.40. The maximum atomic E-state index is 12.4. The number of carbonyl (C=O) groups excluding carboxylic acids is 1. The van der Waals surface area contributed by atoms with E-state index in [9.17, 15) is 4.79 Å². The van der Waals surface area contributed by atoms with Gasteiger partial charge < -0.3 is 5.73 Å². The molecule has 20 heavy (non-hydrogen) atoms. The molecule has 0 saturated heterocycles. The van der Waals surface area contributed by atoms with Crippen molar-refractivity contribution in [3.05, 3.63) is 59.7 Å². The molecule has 2 nitrogen and oxygen atoms in total. The molecule has 2 N–H and O–H groups in total. The highest BCUT2D eigenvalue weighted by molar-refractivity contribution is 5.99. The first-order valence-corrected chi connectivity index (χ1v) is 7.21. The van der Waals surface area contributed by atoms with E-state index in [0.29, 0.717) is 0 Å². The van der Waals surface area contributed by atoms with Crippen LogP contribution in [0.2, 0.25) is 0 Å². The summed E-state index contributed by atoms with van der Waals surface area (Å²) in [5.74, 6) is -0.233. The molecule has 2 heteroatoms. The van der Waals surface area contributed by atoms with E-state index < -0.39 is 5.41 Å². The molecule has 0 heterocycles. The third-order valence-electron chi connectivity index (χ3n) is 4.39. The van der Waals surface area contributed by atoms with Crippen LogP contribution in [0, 0.1) is 0 Å². The van der Waals surface area contributed by atoms with E-state index in [0.717, 1.165) is 41.5 Å². The third-order valence-corrected chi connectivity index (χ3v) is 4.39. The zero-order valence-corrected chi connectivity index (χ0v) is 11.7. The van der Waals surface area contributed by atoms with Gasteiger partial charge >= 0.3 is 0 Å². The molecule has 0 spiro atoms. The van der Waals surface area contributed by atoms with Gasteiger partial charge in [-0.3, -0.25) is 4.79 Å². The molecule has 1 amide bonds. The lowest BCUT2D eigenvalue weighted by molar-refractivity contribution is -0.122. The number of benzene rings is 2. The van der Waals surface area contributed by atoms with E-state index in [1.165, 1.54) is 0 Å². The van der Waals surface area contributed by atoms with Crippen molar-refractivity contribution >= 4 is 5.91 Å². The summed E-state index contributed by atoms with van der Waals surface area (Å²) in [5.41, 5.74) is 9.66. The Morgan fingerprint density at radius 3 is 1.95 bits per heavy atom. The molecule has 0 saturated carbocycles. The largest absolute Gasteiger partial charge is 0.369 e. The fourth-order valence-electron chi connectivity index (χ4n) is 3.43. The minimum absolute atomic E-state index is 0.233. The van der Waals surface area contributed by atoms with Gasteiger partial charge in [-0.2, -0.15) is 0 Å². The van der Waals surface area contributed by atoms with Crippen LogP contribution in [0.5, 0.6) is 0 Å². The summed E-state index contributed by atoms with van der Waals surface area (Å²) in [6.07, 6.45) is 2.83. The molecule has 0 aromatic heterocycles. The maximum absolute atomic E-state index is 12.4. The summed E-state index contributed by atoms with van der Waals surface area (Å²) in [6, 6.07) is 16.3. The first kappa shape index (κ1) is 12.9. The van der Waals surface area contributed by atoms with Crippen LogP contribution in [0.4, 0.5) is 0 Å². The minimum Gasteiger partial charge on any atom is -0.369 e. The van der Waals surface area contributed by atoms with E-state index in [4.69, 9.17) is 5.73 Å². The molecule has 2 aromatic carbocycles. The highest BCUT2D eigenvalue weighted by atomic mass is 16.1. The molecule has 0 atom stereocenters. The zero-order valence-electron chi connectivity index (χ0n) is 11.7. The van der Waals surface area contributed by atoms with E-state index in [1.54, 1.807) is 0 Å². The van der Waals surface area contributed by atoms with Crippen LogP contribution in [0.15, 0.2) is 48.5 Å². The average molecular weight is 265 g/mol. The van der Waals surface area contributed by atoms with Crippen LogP contribution in [0.25, 0.3) is 11.1 Å². The smallest absolute Gasteiger partial charge is 0.232 e. The molecular formula is C18H19NO. The van der Waals surface area contributed by atoms with Crippen molar-refractivity contribution < 1.29 is 4.79 Å². The van der Waals surface area contributed by atoms with Gasteiger partial charge in [0.15, 0.2) is 0 Å². The Morgan fingerprint density at radius 2 is 1.50 bits per heavy atom. The van der Waals surface area contributed by atoms with Crippen molar-refractivity contribution in [2.45, 2.75) is 31.6 Å². The number of hydrogen-bond donors (Lipinski definition) is 1. The molecular weight excluding hydrogens is 246 g/mol. The fourth-order valence-corrected chi connectivity index (χ4v) is 3.43. The van der Waals surface area contributed by atoms with Crippen molar-refractivity contribution in [1.29, 1.82) is 0 Å². The summed E-state index contributed by atoms with van der Waals surface area (Å²) >= 11 is 0. The first-order chi connectivity index (χ1) is 9.71. The summed E-state index contributed by atoms with van der Waals surface area (Å²) in [7, 11) is 0. The molecule has 1 aliphatic carbocycles. The fraction of sp³-hybridized carbons (Fsp3) is 0.278. The predicted octanol–water partition coefficient (Wildman–Crippen LogP) is 3.63. The van der Waals surface area contributed by atoms with E-state index in [1.807, 2.05) is 24.3 Å². The van der Waals surface area contributed by atoms with Gasteiger partial charge in [-0.05, 0) is 28.7 Å². The second-order valence-corrected chi connectivity index (χ2v) is 5.46. The molecule has 102 valence electrons. The number of amides is 1. The Kier molecular flexibility index (Phi) is 3.09. The van der Waals surface area contributed by atoms with Crippen LogP contribution in [0.1, 0.15) is 37.3 Å². The Bertz CT molecular complexity index is 614. The molecule has 3 rings (SSSR count). The molecule has 0 bridgehead atoms. The predicted molar refractivity (Wildman–Crippen MR) is 81.4 cm³/mol. The maximum Gasteiger partial charge on any atom is 0.232 e. The SMILES string of the molecule is CCCCC1(C(N)=O)c2ccccc2-c2ccccc21. The van der Waals surface area contributed by atoms with Gasteiger partial charge in [0.1, 0.15) is 0 Å². The van der Waals surface area contributed by atoms with Crippen LogP contribution in [0.3, 0.4) is 0 Å². The molecule has 0 fully saturated rings. The first-order valence-electron chi connectivity index (χ1n) is 7.21. The standard InChI is InChI=1S/C18H19NO/c1-2-3-12-18(17(19)20)15-10-6-4-8-13(15)14-9-5-7-11-16(14)18/h4-11H,2-3,12H2,1H3,(H2,19,20). The monoisotopic (exact) mass is 265 g/mol. The Morgan fingerprint density at radius 1 is 1.00 bits per heavy atom. The minimum atomic E-state index is -0.650. The topological polar surface area (TPSA) is 43.1 Å². The summed E-state index contributed by atoms with van der Waals surface area (Å²) in [5, 5.41) is 0. The van der Waals surface area contributed by atoms with Gasteiger partial charge in [-0.1, -0.05) is 68.3 Å². The summed E-state index contributed by atoms with van der Waals surface area (Å²) in [4.78, 5) is 12.4. The number of carbonyl (C=O) groups is 1. The van der Waals surface area contributed by atoms with Gasteiger partial charge in [-0.15, -0.1) is 0 Å². The third kappa shape index (κ3) is 1.61. The van der Waals surface area contributed by atoms with Crippen molar-refractivity contribution in [2.24, 2.45) is 5.73 Å². The van der Waals surface area contributed by atoms with Crippen molar-refractivity contribution in [1.82, 2.24) is 0 Å². The van der Waals surface area contributed by atoms with Gasteiger partial charge in [0.2, 0.25) is 5.91 Å². The Hall–Kier alpha value is -2.09. The second kappa shape index (κ2) is 4.78. The van der Waals surface area contributed by atoms with Crippen molar-refractivity contribution in [3.63, 3.8) is 0 Å². The van der Waals surface area contributed by atoms with Crippen molar-refractivity contribution in [2.75, 3.05) is 0 Å². The van der Waals surface area contributed by atoms with Crippen LogP contribution in [-0.4, -0.2) is 5.91 Å². The number of unbranched alkanes of at least 4 members (excludes halogenated alkanes) is 1. The van der Waals surface area contributed by atoms with Gasteiger partial charge in [0.05, 0.1) is 5.41 Å². The molecule has 0 unspecified atom stereocenters. The van der Waals surface area contributed by atoms with Crippen LogP contribution in [-0.2, 0) is 10.2 Å². The number of primary amides is 1. The van der Waals surface area contributed by atoms with Crippen LogP contribution < -0.4 is 5.73 Å². The zero-order chi connectivity index (χ0) is 14.2. The molecule has 0 aliphatic heterocycles. The van der Waals surface area contributed by atoms with E-state index in [2.05, 4.69) is 31.2 Å². The summed E-state index contributed by atoms with van der Waals surface area (Å²) < 4.78 is 0. The number of nitrogens with two attached hydrogens (primary N) is 1. The van der Waals surface area contributed by atoms with Gasteiger partial charge in [0, 0.05) is 0 Å². The van der Waals surface area contributed by atoms with Crippen molar-refractivity contribution in [3.8, 4) is 11.1 Å². The number of hydrogen-bond acceptors (Lipinski definition) is 1.